The number of aromatic nitrogens is 1. The molecule has 0 fully saturated rings. The zero-order valence-electron chi connectivity index (χ0n) is 9.13. The van der Waals surface area contributed by atoms with Gasteiger partial charge in [-0.1, -0.05) is 6.07 Å². The lowest BCUT2D eigenvalue weighted by Gasteiger charge is -2.10. The summed E-state index contributed by atoms with van der Waals surface area (Å²) in [6, 6.07) is 4.93. The number of hydrogen-bond donors (Lipinski definition) is 2. The Morgan fingerprint density at radius 2 is 2.25 bits per heavy atom. The normalized spacial score (nSPS) is 13.6. The van der Waals surface area contributed by atoms with Crippen LogP contribution in [0.4, 0.5) is 0 Å². The Balaban J connectivity index is 2.49. The van der Waals surface area contributed by atoms with Crippen LogP contribution >= 0.6 is 0 Å². The van der Waals surface area contributed by atoms with Crippen molar-refractivity contribution in [3.8, 4) is 0 Å². The summed E-state index contributed by atoms with van der Waals surface area (Å²) in [5.74, 6) is -0.0195. The predicted octanol–water partition coefficient (Wildman–Crippen LogP) is -0.0757. The molecule has 90 valence electrons. The average molecular weight is 244 g/mol. The molecular formula is C10H16N2O3S. The Hall–Kier alpha value is -0.980. The largest absolute Gasteiger partial charge is 0.395 e. The molecule has 0 aliphatic carbocycles. The highest BCUT2D eigenvalue weighted by Gasteiger charge is 2.13. The second-order valence-corrected chi connectivity index (χ2v) is 5.46. The highest BCUT2D eigenvalue weighted by molar-refractivity contribution is 7.89. The molecule has 0 saturated heterocycles. The number of pyridine rings is 1. The summed E-state index contributed by atoms with van der Waals surface area (Å²) in [6.45, 7) is 1.40. The summed E-state index contributed by atoms with van der Waals surface area (Å²) >= 11 is 0. The van der Waals surface area contributed by atoms with E-state index in [1.807, 2.05) is 6.07 Å². The molecule has 0 amide bonds. The van der Waals surface area contributed by atoms with Gasteiger partial charge in [0.25, 0.3) is 0 Å². The minimum absolute atomic E-state index is 0.0195. The molecule has 1 unspecified atom stereocenters. The van der Waals surface area contributed by atoms with Gasteiger partial charge in [0.2, 0.25) is 10.0 Å². The van der Waals surface area contributed by atoms with Crippen LogP contribution in [0.1, 0.15) is 12.6 Å². The van der Waals surface area contributed by atoms with Gasteiger partial charge in [-0.15, -0.1) is 0 Å². The molecular weight excluding hydrogens is 228 g/mol. The number of sulfonamides is 1. The van der Waals surface area contributed by atoms with E-state index >= 15 is 0 Å². The molecule has 2 N–H and O–H groups in total. The second-order valence-electron chi connectivity index (χ2n) is 3.59. The first-order valence-electron chi connectivity index (χ1n) is 5.04. The van der Waals surface area contributed by atoms with Crippen molar-refractivity contribution in [2.24, 2.45) is 0 Å². The second kappa shape index (κ2) is 5.93. The molecule has 1 rings (SSSR count). The lowest BCUT2D eigenvalue weighted by Crippen LogP contribution is -2.37. The van der Waals surface area contributed by atoms with Gasteiger partial charge in [-0.2, -0.15) is 0 Å². The highest BCUT2D eigenvalue weighted by atomic mass is 32.2. The molecule has 6 heteroatoms. The van der Waals surface area contributed by atoms with E-state index < -0.39 is 16.1 Å². The van der Waals surface area contributed by atoms with E-state index in [0.717, 1.165) is 5.69 Å². The maximum absolute atomic E-state index is 11.5. The van der Waals surface area contributed by atoms with Crippen molar-refractivity contribution in [1.29, 1.82) is 0 Å². The van der Waals surface area contributed by atoms with Gasteiger partial charge >= 0.3 is 0 Å². The minimum atomic E-state index is -3.34. The molecule has 1 aromatic heterocycles. The van der Waals surface area contributed by atoms with Crippen molar-refractivity contribution >= 4 is 10.0 Å². The smallest absolute Gasteiger partial charge is 0.212 e. The highest BCUT2D eigenvalue weighted by Crippen LogP contribution is 1.98. The number of hydrogen-bond acceptors (Lipinski definition) is 4. The fourth-order valence-corrected chi connectivity index (χ4v) is 2.47. The minimum Gasteiger partial charge on any atom is -0.395 e. The fraction of sp³-hybridized carbons (Fsp3) is 0.500. The summed E-state index contributed by atoms with van der Waals surface area (Å²) in [7, 11) is -3.34. The molecule has 0 spiro atoms. The number of nitrogens with one attached hydrogen (secondary N) is 1. The van der Waals surface area contributed by atoms with E-state index in [1.165, 1.54) is 0 Å². The molecule has 0 aromatic carbocycles. The zero-order valence-corrected chi connectivity index (χ0v) is 9.94. The maximum Gasteiger partial charge on any atom is 0.212 e. The lowest BCUT2D eigenvalue weighted by atomic mass is 10.3. The molecule has 0 bridgehead atoms. The topological polar surface area (TPSA) is 79.3 Å². The van der Waals surface area contributed by atoms with E-state index in [9.17, 15) is 8.42 Å². The molecule has 1 heterocycles. The van der Waals surface area contributed by atoms with Crippen LogP contribution in [0.3, 0.4) is 0 Å². The Bertz CT molecular complexity index is 405. The molecule has 1 atom stereocenters. The Morgan fingerprint density at radius 1 is 1.50 bits per heavy atom. The molecule has 1 aromatic rings. The Kier molecular flexibility index (Phi) is 4.85. The summed E-state index contributed by atoms with van der Waals surface area (Å²) in [5.41, 5.74) is 0.740. The monoisotopic (exact) mass is 244 g/mol. The first-order valence-corrected chi connectivity index (χ1v) is 6.69. The van der Waals surface area contributed by atoms with Gasteiger partial charge in [0.15, 0.2) is 0 Å². The maximum atomic E-state index is 11.5. The van der Waals surface area contributed by atoms with Crippen LogP contribution < -0.4 is 4.72 Å². The summed E-state index contributed by atoms with van der Waals surface area (Å²) < 4.78 is 25.4. The average Bonchev–Trinajstić information content (AvgIpc) is 2.27. The zero-order chi connectivity index (χ0) is 12.0. The van der Waals surface area contributed by atoms with Crippen LogP contribution in [0.25, 0.3) is 0 Å². The van der Waals surface area contributed by atoms with Crippen molar-refractivity contribution in [2.75, 3.05) is 12.4 Å². The number of rotatable bonds is 6. The van der Waals surface area contributed by atoms with E-state index in [4.69, 9.17) is 5.11 Å². The lowest BCUT2D eigenvalue weighted by molar-refractivity contribution is 0.265. The van der Waals surface area contributed by atoms with Crippen LogP contribution in [0, 0.1) is 0 Å². The third kappa shape index (κ3) is 4.69. The van der Waals surface area contributed by atoms with E-state index in [1.54, 1.807) is 25.3 Å². The van der Waals surface area contributed by atoms with Crippen LogP contribution in [0.15, 0.2) is 24.4 Å². The molecule has 5 nitrogen and oxygen atoms in total. The number of aliphatic hydroxyl groups is 1. The van der Waals surface area contributed by atoms with Crippen LogP contribution in [0.5, 0.6) is 0 Å². The summed E-state index contributed by atoms with van der Waals surface area (Å²) in [5, 5.41) is 8.74. The van der Waals surface area contributed by atoms with Gasteiger partial charge in [0.05, 0.1) is 12.4 Å². The first-order chi connectivity index (χ1) is 7.53. The van der Waals surface area contributed by atoms with E-state index in [0.29, 0.717) is 6.42 Å². The standard InChI is InChI=1S/C10H16N2O3S/c1-9(8-13)12-16(14,15)7-5-10-4-2-3-6-11-10/h2-4,6,9,12-13H,5,7-8H2,1H3. The summed E-state index contributed by atoms with van der Waals surface area (Å²) in [4.78, 5) is 4.04. The van der Waals surface area contributed by atoms with Gasteiger partial charge in [-0.05, 0) is 19.1 Å². The molecule has 0 aliphatic heterocycles. The molecule has 0 aliphatic rings. The van der Waals surface area contributed by atoms with Gasteiger partial charge in [-0.25, -0.2) is 13.1 Å². The Morgan fingerprint density at radius 3 is 2.81 bits per heavy atom. The third-order valence-corrected chi connectivity index (χ3v) is 3.51. The van der Waals surface area contributed by atoms with E-state index in [2.05, 4.69) is 9.71 Å². The van der Waals surface area contributed by atoms with E-state index in [-0.39, 0.29) is 12.4 Å². The van der Waals surface area contributed by atoms with Crippen LogP contribution in [0.2, 0.25) is 0 Å². The fourth-order valence-electron chi connectivity index (χ4n) is 1.19. The molecule has 16 heavy (non-hydrogen) atoms. The van der Waals surface area contributed by atoms with Gasteiger partial charge < -0.3 is 5.11 Å². The van der Waals surface area contributed by atoms with Gasteiger partial charge in [0, 0.05) is 24.4 Å². The number of nitrogens with zero attached hydrogens (tertiary/aromatic N) is 1. The van der Waals surface area contributed by atoms with Crippen molar-refractivity contribution in [2.45, 2.75) is 19.4 Å². The van der Waals surface area contributed by atoms with Crippen LogP contribution in [-0.4, -0.2) is 36.9 Å². The predicted molar refractivity (Wildman–Crippen MR) is 61.4 cm³/mol. The van der Waals surface area contributed by atoms with Gasteiger partial charge in [0.1, 0.15) is 0 Å². The third-order valence-electron chi connectivity index (χ3n) is 2.01. The van der Waals surface area contributed by atoms with Crippen molar-refractivity contribution in [1.82, 2.24) is 9.71 Å². The van der Waals surface area contributed by atoms with Gasteiger partial charge in [-0.3, -0.25) is 4.98 Å². The quantitative estimate of drug-likeness (QED) is 0.734. The van der Waals surface area contributed by atoms with Crippen molar-refractivity contribution in [3.63, 3.8) is 0 Å². The first kappa shape index (κ1) is 13.1. The molecule has 0 saturated carbocycles. The van der Waals surface area contributed by atoms with Crippen LogP contribution in [-0.2, 0) is 16.4 Å². The number of aryl methyl sites for hydroxylation is 1. The Labute approximate surface area is 95.6 Å². The summed E-state index contributed by atoms with van der Waals surface area (Å²) in [6.07, 6.45) is 2.00. The molecule has 0 radical (unpaired) electrons. The number of aliphatic hydroxyl groups excluding tert-OH is 1. The van der Waals surface area contributed by atoms with Crippen molar-refractivity contribution in [3.05, 3.63) is 30.1 Å². The SMILES string of the molecule is CC(CO)NS(=O)(=O)CCc1ccccn1. The van der Waals surface area contributed by atoms with Crippen molar-refractivity contribution < 1.29 is 13.5 Å².